The van der Waals surface area contributed by atoms with Gasteiger partial charge >= 0.3 is 0 Å². The number of sulfonamides is 1. The minimum absolute atomic E-state index is 0.0625. The maximum Gasteiger partial charge on any atom is 0.273 e. The second-order valence-corrected chi connectivity index (χ2v) is 7.30. The molecule has 7 heteroatoms. The van der Waals surface area contributed by atoms with Gasteiger partial charge in [0.2, 0.25) is 10.0 Å². The topological polar surface area (TPSA) is 59.5 Å². The third-order valence-corrected chi connectivity index (χ3v) is 5.52. The average molecular weight is 290 g/mol. The summed E-state index contributed by atoms with van der Waals surface area (Å²) in [6.45, 7) is 3.00. The predicted molar refractivity (Wildman–Crippen MR) is 71.4 cm³/mol. The zero-order valence-electron chi connectivity index (χ0n) is 10.4. The lowest BCUT2D eigenvalue weighted by Gasteiger charge is -2.16. The highest BCUT2D eigenvalue weighted by Crippen LogP contribution is 2.22. The average Bonchev–Trinajstić information content (AvgIpc) is 2.98. The van der Waals surface area contributed by atoms with Crippen LogP contribution in [-0.2, 0) is 10.0 Å². The van der Waals surface area contributed by atoms with Crippen molar-refractivity contribution in [3.8, 4) is 5.19 Å². The lowest BCUT2D eigenvalue weighted by molar-refractivity contribution is 0.214. The molecule has 0 aliphatic carbocycles. The highest BCUT2D eigenvalue weighted by Gasteiger charge is 2.32. The van der Waals surface area contributed by atoms with Crippen molar-refractivity contribution >= 4 is 21.4 Å². The number of thiazole rings is 1. The van der Waals surface area contributed by atoms with Gasteiger partial charge in [0.25, 0.3) is 5.19 Å². The summed E-state index contributed by atoms with van der Waals surface area (Å²) in [5.41, 5.74) is 0. The lowest BCUT2D eigenvalue weighted by Crippen LogP contribution is -2.32. The maximum atomic E-state index is 12.0. The second-order valence-electron chi connectivity index (χ2n) is 4.35. The van der Waals surface area contributed by atoms with Gasteiger partial charge < -0.3 is 4.74 Å². The van der Waals surface area contributed by atoms with Crippen LogP contribution in [0, 0.1) is 0 Å². The first-order chi connectivity index (χ1) is 8.62. The SMILES string of the molecule is CCCCS(=O)(=O)N1CCC(Oc2nccs2)C1. The van der Waals surface area contributed by atoms with Crippen LogP contribution >= 0.6 is 11.3 Å². The summed E-state index contributed by atoms with van der Waals surface area (Å²) >= 11 is 1.43. The van der Waals surface area contributed by atoms with E-state index in [9.17, 15) is 8.42 Å². The van der Waals surface area contributed by atoms with Crippen molar-refractivity contribution in [3.05, 3.63) is 11.6 Å². The molecule has 2 rings (SSSR count). The van der Waals surface area contributed by atoms with E-state index < -0.39 is 10.0 Å². The zero-order valence-corrected chi connectivity index (χ0v) is 12.0. The minimum atomic E-state index is -3.10. The van der Waals surface area contributed by atoms with Crippen LogP contribution < -0.4 is 4.74 Å². The van der Waals surface area contributed by atoms with Gasteiger partial charge in [-0.1, -0.05) is 24.7 Å². The molecule has 0 aromatic carbocycles. The Labute approximate surface area is 112 Å². The Balaban J connectivity index is 1.88. The fraction of sp³-hybridized carbons (Fsp3) is 0.727. The summed E-state index contributed by atoms with van der Waals surface area (Å²) in [5, 5.41) is 2.47. The van der Waals surface area contributed by atoms with Crippen LogP contribution in [-0.4, -0.2) is 42.7 Å². The molecule has 0 N–H and O–H groups in total. The standard InChI is InChI=1S/C11H18N2O3S2/c1-2-3-8-18(14,15)13-6-4-10(9-13)16-11-12-5-7-17-11/h5,7,10H,2-4,6,8-9H2,1H3. The molecule has 0 spiro atoms. The fourth-order valence-electron chi connectivity index (χ4n) is 1.91. The molecule has 0 amide bonds. The number of nitrogens with zero attached hydrogens (tertiary/aromatic N) is 2. The number of hydrogen-bond donors (Lipinski definition) is 0. The van der Waals surface area contributed by atoms with E-state index in [0.717, 1.165) is 19.3 Å². The highest BCUT2D eigenvalue weighted by atomic mass is 32.2. The van der Waals surface area contributed by atoms with Crippen molar-refractivity contribution < 1.29 is 13.2 Å². The molecule has 0 radical (unpaired) electrons. The van der Waals surface area contributed by atoms with Gasteiger partial charge in [-0.15, -0.1) is 0 Å². The molecule has 5 nitrogen and oxygen atoms in total. The van der Waals surface area contributed by atoms with E-state index in [4.69, 9.17) is 4.74 Å². The van der Waals surface area contributed by atoms with E-state index in [1.54, 1.807) is 10.5 Å². The number of aromatic nitrogens is 1. The van der Waals surface area contributed by atoms with E-state index in [1.807, 2.05) is 12.3 Å². The van der Waals surface area contributed by atoms with E-state index >= 15 is 0 Å². The van der Waals surface area contributed by atoms with Gasteiger partial charge in [0.15, 0.2) is 0 Å². The molecule has 1 aromatic rings. The molecule has 1 aliphatic rings. The smallest absolute Gasteiger partial charge is 0.273 e. The Kier molecular flexibility index (Phi) is 4.58. The Hall–Kier alpha value is -0.660. The summed E-state index contributed by atoms with van der Waals surface area (Å²) in [5.74, 6) is 0.244. The normalized spacial score (nSPS) is 21.3. The van der Waals surface area contributed by atoms with E-state index in [1.165, 1.54) is 11.3 Å². The maximum absolute atomic E-state index is 12.0. The summed E-state index contributed by atoms with van der Waals surface area (Å²) in [6, 6.07) is 0. The highest BCUT2D eigenvalue weighted by molar-refractivity contribution is 7.89. The third-order valence-electron chi connectivity index (χ3n) is 2.93. The van der Waals surface area contributed by atoms with Crippen LogP contribution in [0.3, 0.4) is 0 Å². The first-order valence-electron chi connectivity index (χ1n) is 6.16. The van der Waals surface area contributed by atoms with Gasteiger partial charge in [-0.25, -0.2) is 13.4 Å². The molecule has 1 saturated heterocycles. The lowest BCUT2D eigenvalue weighted by atomic mass is 10.3. The van der Waals surface area contributed by atoms with Gasteiger partial charge in [0.05, 0.1) is 12.3 Å². The van der Waals surface area contributed by atoms with Gasteiger partial charge in [0.1, 0.15) is 6.10 Å². The number of ether oxygens (including phenoxy) is 1. The van der Waals surface area contributed by atoms with Crippen molar-refractivity contribution in [1.82, 2.24) is 9.29 Å². The van der Waals surface area contributed by atoms with Crippen LogP contribution in [0.4, 0.5) is 0 Å². The number of rotatable bonds is 6. The van der Waals surface area contributed by atoms with E-state index in [0.29, 0.717) is 18.3 Å². The van der Waals surface area contributed by atoms with Crippen molar-refractivity contribution in [1.29, 1.82) is 0 Å². The van der Waals surface area contributed by atoms with Gasteiger partial charge in [-0.3, -0.25) is 0 Å². The molecular formula is C11H18N2O3S2. The van der Waals surface area contributed by atoms with E-state index in [-0.39, 0.29) is 11.9 Å². The molecule has 2 heterocycles. The van der Waals surface area contributed by atoms with Crippen LogP contribution in [0.15, 0.2) is 11.6 Å². The van der Waals surface area contributed by atoms with Crippen LogP contribution in [0.25, 0.3) is 0 Å². The fourth-order valence-corrected chi connectivity index (χ4v) is 4.15. The zero-order chi connectivity index (χ0) is 13.0. The van der Waals surface area contributed by atoms with Crippen LogP contribution in [0.1, 0.15) is 26.2 Å². The van der Waals surface area contributed by atoms with Crippen molar-refractivity contribution in [2.24, 2.45) is 0 Å². The molecule has 0 saturated carbocycles. The number of unbranched alkanes of at least 4 members (excludes halogenated alkanes) is 1. The van der Waals surface area contributed by atoms with Gasteiger partial charge in [-0.2, -0.15) is 4.31 Å². The molecule has 1 aliphatic heterocycles. The van der Waals surface area contributed by atoms with Crippen molar-refractivity contribution in [3.63, 3.8) is 0 Å². The summed E-state index contributed by atoms with van der Waals surface area (Å²) in [7, 11) is -3.10. The van der Waals surface area contributed by atoms with Crippen LogP contribution in [0.2, 0.25) is 0 Å². The molecular weight excluding hydrogens is 272 g/mol. The van der Waals surface area contributed by atoms with Gasteiger partial charge in [-0.05, 0) is 12.8 Å². The molecule has 1 atom stereocenters. The summed E-state index contributed by atoms with van der Waals surface area (Å²) < 4.78 is 31.2. The Morgan fingerprint density at radius 2 is 2.44 bits per heavy atom. The molecule has 102 valence electrons. The number of hydrogen-bond acceptors (Lipinski definition) is 5. The third kappa shape index (κ3) is 3.43. The molecule has 1 aromatic heterocycles. The van der Waals surface area contributed by atoms with E-state index in [2.05, 4.69) is 4.98 Å². The van der Waals surface area contributed by atoms with Crippen molar-refractivity contribution in [2.75, 3.05) is 18.8 Å². The quantitative estimate of drug-likeness (QED) is 0.800. The molecule has 0 bridgehead atoms. The van der Waals surface area contributed by atoms with Crippen molar-refractivity contribution in [2.45, 2.75) is 32.3 Å². The first kappa shape index (κ1) is 13.8. The monoisotopic (exact) mass is 290 g/mol. The Morgan fingerprint density at radius 3 is 3.11 bits per heavy atom. The minimum Gasteiger partial charge on any atom is -0.465 e. The largest absolute Gasteiger partial charge is 0.465 e. The Bertz CT molecular complexity index is 459. The second kappa shape index (κ2) is 5.99. The summed E-state index contributed by atoms with van der Waals surface area (Å²) in [6.07, 6.45) is 3.98. The van der Waals surface area contributed by atoms with Gasteiger partial charge in [0, 0.05) is 18.1 Å². The molecule has 1 unspecified atom stereocenters. The summed E-state index contributed by atoms with van der Waals surface area (Å²) in [4.78, 5) is 4.04. The molecule has 18 heavy (non-hydrogen) atoms. The first-order valence-corrected chi connectivity index (χ1v) is 8.64. The molecule has 1 fully saturated rings. The predicted octanol–water partition coefficient (Wildman–Crippen LogP) is 1.73. The Morgan fingerprint density at radius 1 is 1.61 bits per heavy atom. The van der Waals surface area contributed by atoms with Crippen LogP contribution in [0.5, 0.6) is 5.19 Å².